The molecule has 90 valence electrons. The molecule has 9 heteroatoms. The Morgan fingerprint density at radius 2 is 1.35 bits per heavy atom. The van der Waals surface area contributed by atoms with Crippen LogP contribution in [0.1, 0.15) is 38.5 Å². The summed E-state index contributed by atoms with van der Waals surface area (Å²) in [6.45, 7) is 0. The summed E-state index contributed by atoms with van der Waals surface area (Å²) >= 11 is 0. The Balaban J connectivity index is 0. The topological polar surface area (TPSA) is 112 Å². The first-order valence-corrected chi connectivity index (χ1v) is 7.87. The van der Waals surface area contributed by atoms with Crippen molar-refractivity contribution < 1.29 is 83.8 Å². The van der Waals surface area contributed by atoms with Gasteiger partial charge in [-0.3, -0.25) is 0 Å². The first kappa shape index (κ1) is 21.9. The van der Waals surface area contributed by atoms with E-state index in [0.717, 1.165) is 19.3 Å². The van der Waals surface area contributed by atoms with Crippen LogP contribution in [0.2, 0.25) is 0 Å². The minimum Gasteiger partial charge on any atom is -0.682 e. The van der Waals surface area contributed by atoms with Crippen molar-refractivity contribution in [1.82, 2.24) is 0 Å². The van der Waals surface area contributed by atoms with Gasteiger partial charge in [0, 0.05) is 6.42 Å². The zero-order valence-corrected chi connectivity index (χ0v) is 16.4. The van der Waals surface area contributed by atoms with E-state index in [9.17, 15) is 24.7 Å². The Morgan fingerprint density at radius 3 is 1.71 bits per heavy atom. The Labute approximate surface area is 148 Å². The van der Waals surface area contributed by atoms with E-state index in [1.165, 1.54) is 0 Å². The summed E-state index contributed by atoms with van der Waals surface area (Å²) in [7, 11) is -6.70. The SMILES string of the molecule is [Na+].[Na+].[O-][PH+]([O-])C(CC1(O)CCCCC1)[PH+]([O-])[O-]. The molecular weight excluding hydrogens is 284 g/mol. The van der Waals surface area contributed by atoms with E-state index in [2.05, 4.69) is 0 Å². The smallest absolute Gasteiger partial charge is 0.682 e. The molecule has 1 aliphatic carbocycles. The van der Waals surface area contributed by atoms with Crippen molar-refractivity contribution in [2.45, 2.75) is 49.5 Å². The largest absolute Gasteiger partial charge is 1.00 e. The van der Waals surface area contributed by atoms with E-state index in [1.807, 2.05) is 0 Å². The van der Waals surface area contributed by atoms with Crippen molar-refractivity contribution in [3.63, 3.8) is 0 Å². The number of hydrogen-bond acceptors (Lipinski definition) is 5. The molecule has 0 aliphatic heterocycles. The quantitative estimate of drug-likeness (QED) is 0.409. The molecule has 0 amide bonds. The fraction of sp³-hybridized carbons (Fsp3) is 1.00. The van der Waals surface area contributed by atoms with E-state index in [-0.39, 0.29) is 65.5 Å². The maximum absolute atomic E-state index is 10.7. The van der Waals surface area contributed by atoms with Gasteiger partial charge in [0.15, 0.2) is 0 Å². The minimum absolute atomic E-state index is 0. The normalized spacial score (nSPS) is 19.1. The van der Waals surface area contributed by atoms with Crippen LogP contribution in [0.25, 0.3) is 0 Å². The molecule has 0 aromatic rings. The fourth-order valence-electron chi connectivity index (χ4n) is 2.06. The van der Waals surface area contributed by atoms with Crippen molar-refractivity contribution in [2.24, 2.45) is 0 Å². The summed E-state index contributed by atoms with van der Waals surface area (Å²) in [5.74, 6) is 0. The zero-order chi connectivity index (χ0) is 11.5. The van der Waals surface area contributed by atoms with Gasteiger partial charge in [-0.05, 0) is 12.8 Å². The Morgan fingerprint density at radius 1 is 0.941 bits per heavy atom. The molecule has 0 saturated heterocycles. The predicted octanol–water partition coefficient (Wildman–Crippen LogP) is -8.06. The van der Waals surface area contributed by atoms with Crippen LogP contribution in [0.15, 0.2) is 0 Å². The van der Waals surface area contributed by atoms with Crippen molar-refractivity contribution >= 4 is 16.8 Å². The van der Waals surface area contributed by atoms with Gasteiger partial charge in [-0.15, -0.1) is 0 Å². The molecule has 0 spiro atoms. The average molecular weight is 300 g/mol. The van der Waals surface area contributed by atoms with Gasteiger partial charge < -0.3 is 24.7 Å². The third kappa shape index (κ3) is 7.87. The second kappa shape index (κ2) is 10.4. The summed E-state index contributed by atoms with van der Waals surface area (Å²) in [5.41, 5.74) is -1.08. The van der Waals surface area contributed by atoms with Gasteiger partial charge in [-0.2, -0.15) is 0 Å². The molecule has 1 saturated carbocycles. The van der Waals surface area contributed by atoms with Gasteiger partial charge in [-0.1, -0.05) is 36.0 Å². The van der Waals surface area contributed by atoms with E-state index in [1.54, 1.807) is 0 Å². The summed E-state index contributed by atoms with van der Waals surface area (Å²) < 4.78 is 0. The summed E-state index contributed by atoms with van der Waals surface area (Å²) in [6.07, 6.45) is 3.56. The molecular formula is C8H16Na2O5P2. The van der Waals surface area contributed by atoms with E-state index in [4.69, 9.17) is 0 Å². The van der Waals surface area contributed by atoms with Crippen LogP contribution < -0.4 is 78.7 Å². The first-order valence-electron chi connectivity index (χ1n) is 5.09. The second-order valence-corrected chi connectivity index (χ2v) is 7.43. The summed E-state index contributed by atoms with van der Waals surface area (Å²) in [4.78, 5) is 43.0. The van der Waals surface area contributed by atoms with Gasteiger partial charge >= 0.3 is 59.1 Å². The molecule has 1 N–H and O–H groups in total. The van der Waals surface area contributed by atoms with Crippen LogP contribution in [0.3, 0.4) is 0 Å². The van der Waals surface area contributed by atoms with Crippen molar-refractivity contribution in [2.75, 3.05) is 0 Å². The maximum atomic E-state index is 10.7. The third-order valence-corrected chi connectivity index (χ3v) is 5.90. The number of rotatable bonds is 4. The molecule has 0 heterocycles. The molecule has 0 atom stereocenters. The Bertz CT molecular complexity index is 194. The average Bonchev–Trinajstić information content (AvgIpc) is 2.14. The van der Waals surface area contributed by atoms with Crippen LogP contribution in [0.5, 0.6) is 0 Å². The monoisotopic (exact) mass is 300 g/mol. The minimum atomic E-state index is -3.35. The van der Waals surface area contributed by atoms with Crippen molar-refractivity contribution in [3.05, 3.63) is 0 Å². The van der Waals surface area contributed by atoms with Crippen LogP contribution in [0, 0.1) is 0 Å². The second-order valence-electron chi connectivity index (χ2n) is 4.18. The molecule has 0 unspecified atom stereocenters. The van der Waals surface area contributed by atoms with E-state index >= 15 is 0 Å². The van der Waals surface area contributed by atoms with E-state index < -0.39 is 27.8 Å². The molecule has 0 radical (unpaired) electrons. The molecule has 0 bridgehead atoms. The number of aliphatic hydroxyl groups is 1. The molecule has 1 aliphatic rings. The Kier molecular flexibility index (Phi) is 13.4. The van der Waals surface area contributed by atoms with Gasteiger partial charge in [0.2, 0.25) is 0 Å². The Hall–Kier alpha value is 2.66. The van der Waals surface area contributed by atoms with Gasteiger partial charge in [0.25, 0.3) is 0 Å². The first-order chi connectivity index (χ1) is 6.94. The van der Waals surface area contributed by atoms with Crippen LogP contribution >= 0.6 is 16.8 Å². The van der Waals surface area contributed by atoms with Crippen molar-refractivity contribution in [1.29, 1.82) is 0 Å². The standard InChI is InChI=1S/C8H16O5P2.2Na/c9-8(4-2-1-3-5-8)6-7(14(10)11)15(12)13;;/h7,9,14-15H,1-6H2;;/q-2;2*+1. The molecule has 1 rings (SSSR count). The molecule has 0 aromatic heterocycles. The van der Waals surface area contributed by atoms with Crippen LogP contribution in [0.4, 0.5) is 0 Å². The number of hydrogen-bond donors (Lipinski definition) is 1. The predicted molar refractivity (Wildman–Crippen MR) is 53.1 cm³/mol. The molecule has 1 fully saturated rings. The van der Waals surface area contributed by atoms with Crippen LogP contribution in [-0.4, -0.2) is 16.1 Å². The van der Waals surface area contributed by atoms with Crippen molar-refractivity contribution in [3.8, 4) is 0 Å². The summed E-state index contributed by atoms with van der Waals surface area (Å²) in [5, 5.41) is 8.67. The molecule has 5 nitrogen and oxygen atoms in total. The fourth-order valence-corrected chi connectivity index (χ4v) is 3.92. The van der Waals surface area contributed by atoms with Gasteiger partial charge in [-0.25, -0.2) is 0 Å². The molecule has 0 aromatic carbocycles. The third-order valence-electron chi connectivity index (χ3n) is 2.94. The zero-order valence-electron chi connectivity index (χ0n) is 10.4. The summed E-state index contributed by atoms with van der Waals surface area (Å²) in [6, 6.07) is 0. The van der Waals surface area contributed by atoms with Gasteiger partial charge in [0.1, 0.15) is 5.40 Å². The van der Waals surface area contributed by atoms with Crippen LogP contribution in [-0.2, 0) is 0 Å². The van der Waals surface area contributed by atoms with Gasteiger partial charge in [0.05, 0.1) is 5.60 Å². The van der Waals surface area contributed by atoms with E-state index in [0.29, 0.717) is 12.8 Å². The maximum Gasteiger partial charge on any atom is 1.00 e. The molecule has 17 heavy (non-hydrogen) atoms.